The van der Waals surface area contributed by atoms with Gasteiger partial charge < -0.3 is 5.11 Å². The fourth-order valence-electron chi connectivity index (χ4n) is 2.84. The molecule has 20 heavy (non-hydrogen) atoms. The fraction of sp³-hybridized carbons (Fsp3) is 0.571. The Balaban J connectivity index is 1.66. The van der Waals surface area contributed by atoms with Crippen LogP contribution in [0.1, 0.15) is 27.7 Å². The van der Waals surface area contributed by atoms with Crippen LogP contribution in [0.5, 0.6) is 0 Å². The van der Waals surface area contributed by atoms with Gasteiger partial charge in [0.25, 0.3) is 0 Å². The molecular formula is C14H20N4OS. The zero-order chi connectivity index (χ0) is 14.1. The van der Waals surface area contributed by atoms with Gasteiger partial charge in [0.1, 0.15) is 0 Å². The van der Waals surface area contributed by atoms with Crippen molar-refractivity contribution in [2.45, 2.75) is 32.9 Å². The Hall–Kier alpha value is -1.24. The summed E-state index contributed by atoms with van der Waals surface area (Å²) in [7, 11) is 1.96. The molecule has 108 valence electrons. The Morgan fingerprint density at radius 2 is 2.30 bits per heavy atom. The van der Waals surface area contributed by atoms with Crippen molar-refractivity contribution in [3.05, 3.63) is 33.0 Å². The number of fused-ring (bicyclic) bond motifs is 1. The molecule has 0 aromatic carbocycles. The molecule has 0 aliphatic carbocycles. The Morgan fingerprint density at radius 3 is 3.00 bits per heavy atom. The number of hydrogen-bond donors (Lipinski definition) is 1. The van der Waals surface area contributed by atoms with Crippen LogP contribution in [0.15, 0.2) is 5.38 Å². The molecule has 6 heteroatoms. The predicted octanol–water partition coefficient (Wildman–Crippen LogP) is 1.28. The molecule has 0 spiro atoms. The van der Waals surface area contributed by atoms with Crippen molar-refractivity contribution >= 4 is 11.3 Å². The lowest BCUT2D eigenvalue weighted by molar-refractivity contribution is 0.245. The molecular weight excluding hydrogens is 272 g/mol. The summed E-state index contributed by atoms with van der Waals surface area (Å²) in [5, 5.41) is 17.1. The van der Waals surface area contributed by atoms with Crippen molar-refractivity contribution in [2.24, 2.45) is 7.05 Å². The predicted molar refractivity (Wildman–Crippen MR) is 78.7 cm³/mol. The van der Waals surface area contributed by atoms with Crippen LogP contribution >= 0.6 is 11.3 Å². The minimum absolute atomic E-state index is 0.0301. The Bertz CT molecular complexity index is 604. The number of nitrogens with zero attached hydrogens (tertiary/aromatic N) is 4. The van der Waals surface area contributed by atoms with Crippen molar-refractivity contribution in [3.8, 4) is 0 Å². The van der Waals surface area contributed by atoms with Crippen LogP contribution in [0.2, 0.25) is 0 Å². The second-order valence-corrected chi connectivity index (χ2v) is 6.35. The van der Waals surface area contributed by atoms with Crippen LogP contribution < -0.4 is 0 Å². The first kappa shape index (κ1) is 13.7. The Morgan fingerprint density at radius 1 is 1.45 bits per heavy atom. The van der Waals surface area contributed by atoms with Gasteiger partial charge in [-0.1, -0.05) is 0 Å². The highest BCUT2D eigenvalue weighted by molar-refractivity contribution is 7.09. The van der Waals surface area contributed by atoms with E-state index in [4.69, 9.17) is 0 Å². The maximum absolute atomic E-state index is 9.40. The van der Waals surface area contributed by atoms with Gasteiger partial charge in [-0.15, -0.1) is 11.3 Å². The van der Waals surface area contributed by atoms with Crippen LogP contribution in [0.4, 0.5) is 0 Å². The molecule has 0 unspecified atom stereocenters. The molecule has 3 rings (SSSR count). The topological polar surface area (TPSA) is 54.2 Å². The standard InChI is InChI=1S/C14H20N4OS/c1-10-15-11(9-20-10)3-5-18-6-4-14-12(7-18)13(8-19)16-17(14)2/h9,19H,3-8H2,1-2H3. The molecule has 2 aromatic rings. The number of aliphatic hydroxyl groups excluding tert-OH is 1. The van der Waals surface area contributed by atoms with Gasteiger partial charge in [0.2, 0.25) is 0 Å². The van der Waals surface area contributed by atoms with Gasteiger partial charge in [0, 0.05) is 56.2 Å². The molecule has 0 bridgehead atoms. The van der Waals surface area contributed by atoms with E-state index < -0.39 is 0 Å². The minimum atomic E-state index is 0.0301. The summed E-state index contributed by atoms with van der Waals surface area (Å²) in [6.45, 7) is 5.04. The van der Waals surface area contributed by atoms with Gasteiger partial charge in [-0.2, -0.15) is 5.10 Å². The number of aryl methyl sites for hydroxylation is 2. The van der Waals surface area contributed by atoms with E-state index in [9.17, 15) is 5.11 Å². The average Bonchev–Trinajstić information content (AvgIpc) is 3.00. The van der Waals surface area contributed by atoms with Gasteiger partial charge in [0.15, 0.2) is 0 Å². The minimum Gasteiger partial charge on any atom is -0.390 e. The van der Waals surface area contributed by atoms with Crippen LogP contribution in [-0.4, -0.2) is 37.9 Å². The largest absolute Gasteiger partial charge is 0.390 e. The second-order valence-electron chi connectivity index (χ2n) is 5.29. The van der Waals surface area contributed by atoms with E-state index in [0.29, 0.717) is 0 Å². The van der Waals surface area contributed by atoms with Crippen LogP contribution in [-0.2, 0) is 33.0 Å². The van der Waals surface area contributed by atoms with E-state index in [1.54, 1.807) is 11.3 Å². The smallest absolute Gasteiger partial charge is 0.0926 e. The van der Waals surface area contributed by atoms with Crippen molar-refractivity contribution in [1.82, 2.24) is 19.7 Å². The fourth-order valence-corrected chi connectivity index (χ4v) is 3.49. The van der Waals surface area contributed by atoms with Crippen LogP contribution in [0.3, 0.4) is 0 Å². The first-order chi connectivity index (χ1) is 9.67. The Labute approximate surface area is 122 Å². The van der Waals surface area contributed by atoms with Crippen molar-refractivity contribution < 1.29 is 5.11 Å². The lowest BCUT2D eigenvalue weighted by Gasteiger charge is -2.27. The molecule has 3 heterocycles. The first-order valence-corrected chi connectivity index (χ1v) is 7.83. The maximum atomic E-state index is 9.40. The third-order valence-electron chi connectivity index (χ3n) is 3.91. The molecule has 5 nitrogen and oxygen atoms in total. The van der Waals surface area contributed by atoms with Gasteiger partial charge >= 0.3 is 0 Å². The number of hydrogen-bond acceptors (Lipinski definition) is 5. The maximum Gasteiger partial charge on any atom is 0.0926 e. The zero-order valence-corrected chi connectivity index (χ0v) is 12.8. The highest BCUT2D eigenvalue weighted by Gasteiger charge is 2.23. The monoisotopic (exact) mass is 292 g/mol. The number of thiazole rings is 1. The van der Waals surface area contributed by atoms with Gasteiger partial charge in [-0.05, 0) is 6.92 Å². The summed E-state index contributed by atoms with van der Waals surface area (Å²) in [4.78, 5) is 6.94. The van der Waals surface area contributed by atoms with Crippen molar-refractivity contribution in [3.63, 3.8) is 0 Å². The van der Waals surface area contributed by atoms with Crippen molar-refractivity contribution in [2.75, 3.05) is 13.1 Å². The molecule has 0 atom stereocenters. The molecule has 0 amide bonds. The molecule has 0 saturated carbocycles. The number of aliphatic hydroxyl groups is 1. The molecule has 0 saturated heterocycles. The molecule has 2 aromatic heterocycles. The molecule has 0 fully saturated rings. The highest BCUT2D eigenvalue weighted by atomic mass is 32.1. The first-order valence-electron chi connectivity index (χ1n) is 6.95. The molecule has 1 N–H and O–H groups in total. The molecule has 0 radical (unpaired) electrons. The SMILES string of the molecule is Cc1nc(CCN2CCc3c(c(CO)nn3C)C2)cs1. The van der Waals surface area contributed by atoms with Crippen LogP contribution in [0.25, 0.3) is 0 Å². The lowest BCUT2D eigenvalue weighted by atomic mass is 10.0. The molecule has 1 aliphatic rings. The highest BCUT2D eigenvalue weighted by Crippen LogP contribution is 2.22. The second kappa shape index (κ2) is 5.63. The van der Waals surface area contributed by atoms with E-state index in [1.165, 1.54) is 17.0 Å². The quantitative estimate of drug-likeness (QED) is 0.922. The van der Waals surface area contributed by atoms with Gasteiger partial charge in [-0.3, -0.25) is 9.58 Å². The van der Waals surface area contributed by atoms with Crippen LogP contribution in [0, 0.1) is 6.92 Å². The summed E-state index contributed by atoms with van der Waals surface area (Å²) >= 11 is 1.71. The number of aromatic nitrogens is 3. The normalized spacial score (nSPS) is 15.6. The summed E-state index contributed by atoms with van der Waals surface area (Å²) in [5.41, 5.74) is 4.51. The van der Waals surface area contributed by atoms with E-state index in [-0.39, 0.29) is 6.61 Å². The average molecular weight is 292 g/mol. The van der Waals surface area contributed by atoms with E-state index in [2.05, 4.69) is 20.4 Å². The third-order valence-corrected chi connectivity index (χ3v) is 4.73. The van der Waals surface area contributed by atoms with E-state index in [1.807, 2.05) is 18.7 Å². The van der Waals surface area contributed by atoms with Gasteiger partial charge in [0.05, 0.1) is 23.0 Å². The molecule has 1 aliphatic heterocycles. The third kappa shape index (κ3) is 2.63. The zero-order valence-electron chi connectivity index (χ0n) is 12.0. The summed E-state index contributed by atoms with van der Waals surface area (Å²) < 4.78 is 1.92. The van der Waals surface area contributed by atoms with Crippen molar-refractivity contribution in [1.29, 1.82) is 0 Å². The lowest BCUT2D eigenvalue weighted by Crippen LogP contribution is -2.33. The van der Waals surface area contributed by atoms with E-state index in [0.717, 1.165) is 43.2 Å². The Kier molecular flexibility index (Phi) is 3.87. The van der Waals surface area contributed by atoms with Gasteiger partial charge in [-0.25, -0.2) is 4.98 Å². The number of rotatable bonds is 4. The van der Waals surface area contributed by atoms with E-state index >= 15 is 0 Å². The summed E-state index contributed by atoms with van der Waals surface area (Å²) in [6, 6.07) is 0. The summed E-state index contributed by atoms with van der Waals surface area (Å²) in [6.07, 6.45) is 2.00. The summed E-state index contributed by atoms with van der Waals surface area (Å²) in [5.74, 6) is 0.